The summed E-state index contributed by atoms with van der Waals surface area (Å²) < 4.78 is 0. The van der Waals surface area contributed by atoms with Crippen LogP contribution in [0.1, 0.15) is 33.6 Å². The molecule has 1 N–H and O–H groups in total. The van der Waals surface area contributed by atoms with Crippen LogP contribution in [0.2, 0.25) is 0 Å². The smallest absolute Gasteiger partial charge is 0.00258 e. The van der Waals surface area contributed by atoms with Gasteiger partial charge in [0.25, 0.3) is 0 Å². The molecule has 0 aromatic carbocycles. The summed E-state index contributed by atoms with van der Waals surface area (Å²) in [5.74, 6) is 3.43. The zero-order chi connectivity index (χ0) is 9.23. The minimum Gasteiger partial charge on any atom is -0.316 e. The second-order valence-electron chi connectivity index (χ2n) is 3.56. The quantitative estimate of drug-likeness (QED) is 0.589. The molecule has 0 radical (unpaired) electrons. The van der Waals surface area contributed by atoms with Crippen LogP contribution < -0.4 is 5.32 Å². The Hall–Kier alpha value is 0.310. The maximum atomic E-state index is 3.45. The summed E-state index contributed by atoms with van der Waals surface area (Å²) in [5.41, 5.74) is 0. The van der Waals surface area contributed by atoms with Crippen molar-refractivity contribution < 1.29 is 0 Å². The second-order valence-corrected chi connectivity index (χ2v) is 4.79. The third kappa shape index (κ3) is 10.3. The van der Waals surface area contributed by atoms with E-state index in [0.29, 0.717) is 0 Å². The Morgan fingerprint density at radius 2 is 2.00 bits per heavy atom. The van der Waals surface area contributed by atoms with E-state index in [0.717, 1.165) is 5.92 Å². The van der Waals surface area contributed by atoms with Crippen LogP contribution in [0.3, 0.4) is 0 Å². The fourth-order valence-corrected chi connectivity index (χ4v) is 1.78. The highest BCUT2D eigenvalue weighted by molar-refractivity contribution is 7.99. The average Bonchev–Trinajstić information content (AvgIpc) is 2.02. The molecule has 0 saturated heterocycles. The van der Waals surface area contributed by atoms with Crippen molar-refractivity contribution in [3.8, 4) is 0 Å². The predicted octanol–water partition coefficient (Wildman–Crippen LogP) is 2.77. The number of hydrogen-bond acceptors (Lipinski definition) is 2. The highest BCUT2D eigenvalue weighted by atomic mass is 32.2. The molecule has 0 aliphatic carbocycles. The van der Waals surface area contributed by atoms with Crippen molar-refractivity contribution in [2.45, 2.75) is 33.6 Å². The molecule has 74 valence electrons. The van der Waals surface area contributed by atoms with E-state index < -0.39 is 0 Å². The van der Waals surface area contributed by atoms with Crippen LogP contribution in [-0.4, -0.2) is 24.6 Å². The fraction of sp³-hybridized carbons (Fsp3) is 1.00. The van der Waals surface area contributed by atoms with Crippen LogP contribution >= 0.6 is 11.8 Å². The summed E-state index contributed by atoms with van der Waals surface area (Å²) >= 11 is 2.07. The molecule has 0 bridgehead atoms. The summed E-state index contributed by atoms with van der Waals surface area (Å²) in [4.78, 5) is 0. The molecule has 0 heterocycles. The van der Waals surface area contributed by atoms with Crippen molar-refractivity contribution in [1.29, 1.82) is 0 Å². The zero-order valence-electron chi connectivity index (χ0n) is 8.73. The van der Waals surface area contributed by atoms with Gasteiger partial charge in [0.05, 0.1) is 0 Å². The first kappa shape index (κ1) is 12.3. The number of nitrogens with one attached hydrogen (secondary N) is 1. The largest absolute Gasteiger partial charge is 0.316 e. The van der Waals surface area contributed by atoms with E-state index in [9.17, 15) is 0 Å². The van der Waals surface area contributed by atoms with Crippen molar-refractivity contribution in [2.75, 3.05) is 24.6 Å². The standard InChI is InChI=1S/C10H23NS/c1-4-7-12-8-5-6-11-9-10(2)3/h10-11H,4-9H2,1-3H3. The van der Waals surface area contributed by atoms with Gasteiger partial charge >= 0.3 is 0 Å². The first-order valence-electron chi connectivity index (χ1n) is 5.05. The van der Waals surface area contributed by atoms with Crippen LogP contribution in [0.25, 0.3) is 0 Å². The number of rotatable bonds is 8. The van der Waals surface area contributed by atoms with Gasteiger partial charge in [-0.25, -0.2) is 0 Å². The van der Waals surface area contributed by atoms with E-state index in [-0.39, 0.29) is 0 Å². The average molecular weight is 189 g/mol. The second kappa shape index (κ2) is 9.40. The summed E-state index contributed by atoms with van der Waals surface area (Å²) in [6.07, 6.45) is 2.63. The van der Waals surface area contributed by atoms with E-state index in [2.05, 4.69) is 37.8 Å². The molecule has 1 nitrogen and oxygen atoms in total. The topological polar surface area (TPSA) is 12.0 Å². The van der Waals surface area contributed by atoms with Gasteiger partial charge in [-0.3, -0.25) is 0 Å². The highest BCUT2D eigenvalue weighted by Gasteiger charge is 1.92. The lowest BCUT2D eigenvalue weighted by atomic mass is 10.2. The Labute approximate surface area is 81.7 Å². The molecule has 12 heavy (non-hydrogen) atoms. The summed E-state index contributed by atoms with van der Waals surface area (Å²) in [5, 5.41) is 3.45. The molecule has 0 aromatic heterocycles. The van der Waals surface area contributed by atoms with Gasteiger partial charge in [0.15, 0.2) is 0 Å². The molecule has 0 aromatic rings. The predicted molar refractivity (Wildman–Crippen MR) is 59.9 cm³/mol. The zero-order valence-corrected chi connectivity index (χ0v) is 9.54. The molecular weight excluding hydrogens is 166 g/mol. The molecule has 0 saturated carbocycles. The first-order chi connectivity index (χ1) is 5.77. The van der Waals surface area contributed by atoms with Crippen LogP contribution in [0.5, 0.6) is 0 Å². The van der Waals surface area contributed by atoms with Gasteiger partial charge in [-0.2, -0.15) is 11.8 Å². The maximum absolute atomic E-state index is 3.45. The van der Waals surface area contributed by atoms with Crippen LogP contribution in [-0.2, 0) is 0 Å². The van der Waals surface area contributed by atoms with Gasteiger partial charge in [-0.05, 0) is 43.4 Å². The Morgan fingerprint density at radius 3 is 2.58 bits per heavy atom. The normalized spacial score (nSPS) is 11.0. The van der Waals surface area contributed by atoms with Gasteiger partial charge in [-0.15, -0.1) is 0 Å². The highest BCUT2D eigenvalue weighted by Crippen LogP contribution is 2.02. The molecular formula is C10H23NS. The van der Waals surface area contributed by atoms with E-state index >= 15 is 0 Å². The SMILES string of the molecule is CCCSCCCNCC(C)C. The summed E-state index contributed by atoms with van der Waals surface area (Å²) in [7, 11) is 0. The number of hydrogen-bond donors (Lipinski definition) is 1. The monoisotopic (exact) mass is 189 g/mol. The molecule has 0 rings (SSSR count). The van der Waals surface area contributed by atoms with Crippen molar-refractivity contribution >= 4 is 11.8 Å². The number of thioether (sulfide) groups is 1. The van der Waals surface area contributed by atoms with E-state index in [1.54, 1.807) is 0 Å². The van der Waals surface area contributed by atoms with Crippen LogP contribution in [0.4, 0.5) is 0 Å². The lowest BCUT2D eigenvalue weighted by Crippen LogP contribution is -2.21. The van der Waals surface area contributed by atoms with Crippen LogP contribution in [0, 0.1) is 5.92 Å². The Balaban J connectivity index is 2.82. The molecule has 2 heteroatoms. The van der Waals surface area contributed by atoms with Gasteiger partial charge < -0.3 is 5.32 Å². The fourth-order valence-electron chi connectivity index (χ4n) is 0.936. The minimum atomic E-state index is 0.785. The molecule has 0 spiro atoms. The van der Waals surface area contributed by atoms with Crippen molar-refractivity contribution in [2.24, 2.45) is 5.92 Å². The lowest BCUT2D eigenvalue weighted by molar-refractivity contribution is 0.552. The Kier molecular flexibility index (Phi) is 9.64. The maximum Gasteiger partial charge on any atom is -0.00258 e. The van der Waals surface area contributed by atoms with E-state index in [1.165, 1.54) is 37.4 Å². The third-order valence-corrected chi connectivity index (χ3v) is 2.82. The van der Waals surface area contributed by atoms with Crippen molar-refractivity contribution in [3.05, 3.63) is 0 Å². The lowest BCUT2D eigenvalue weighted by Gasteiger charge is -2.06. The Morgan fingerprint density at radius 1 is 1.25 bits per heavy atom. The summed E-state index contributed by atoms with van der Waals surface area (Å²) in [6.45, 7) is 9.09. The van der Waals surface area contributed by atoms with Gasteiger partial charge in [-0.1, -0.05) is 20.8 Å². The first-order valence-corrected chi connectivity index (χ1v) is 6.21. The molecule has 0 aliphatic rings. The molecule has 0 unspecified atom stereocenters. The molecule has 0 aliphatic heterocycles. The van der Waals surface area contributed by atoms with Gasteiger partial charge in [0.2, 0.25) is 0 Å². The third-order valence-electron chi connectivity index (χ3n) is 1.54. The van der Waals surface area contributed by atoms with Gasteiger partial charge in [0.1, 0.15) is 0 Å². The van der Waals surface area contributed by atoms with Crippen LogP contribution in [0.15, 0.2) is 0 Å². The van der Waals surface area contributed by atoms with E-state index in [4.69, 9.17) is 0 Å². The van der Waals surface area contributed by atoms with Crippen molar-refractivity contribution in [1.82, 2.24) is 5.32 Å². The van der Waals surface area contributed by atoms with Crippen molar-refractivity contribution in [3.63, 3.8) is 0 Å². The minimum absolute atomic E-state index is 0.785. The molecule has 0 fully saturated rings. The Bertz CT molecular complexity index is 83.9. The van der Waals surface area contributed by atoms with Gasteiger partial charge in [0, 0.05) is 0 Å². The summed E-state index contributed by atoms with van der Waals surface area (Å²) in [6, 6.07) is 0. The molecule has 0 amide bonds. The molecule has 0 atom stereocenters. The van der Waals surface area contributed by atoms with E-state index in [1.807, 2.05) is 0 Å².